The Kier molecular flexibility index (Phi) is 4.51. The van der Waals surface area contributed by atoms with Gasteiger partial charge in [-0.2, -0.15) is 0 Å². The van der Waals surface area contributed by atoms with Gasteiger partial charge in [-0.15, -0.1) is 0 Å². The summed E-state index contributed by atoms with van der Waals surface area (Å²) in [4.78, 5) is 30.5. The molecule has 0 radical (unpaired) electrons. The Labute approximate surface area is 147 Å². The van der Waals surface area contributed by atoms with Crippen molar-refractivity contribution in [2.24, 2.45) is 0 Å². The van der Waals surface area contributed by atoms with Crippen LogP contribution in [0.1, 0.15) is 67.6 Å². The van der Waals surface area contributed by atoms with Crippen molar-refractivity contribution < 1.29 is 0 Å². The van der Waals surface area contributed by atoms with Crippen molar-refractivity contribution >= 4 is 5.95 Å². The lowest BCUT2D eigenvalue weighted by atomic mass is 9.93. The van der Waals surface area contributed by atoms with Crippen LogP contribution in [0, 0.1) is 6.92 Å². The lowest BCUT2D eigenvalue weighted by Crippen LogP contribution is -2.35. The third-order valence-corrected chi connectivity index (χ3v) is 5.51. The van der Waals surface area contributed by atoms with E-state index in [-0.39, 0.29) is 5.56 Å². The van der Waals surface area contributed by atoms with Crippen LogP contribution in [0.5, 0.6) is 0 Å². The minimum atomic E-state index is -0.0578. The van der Waals surface area contributed by atoms with E-state index in [0.717, 1.165) is 37.6 Å². The van der Waals surface area contributed by atoms with Crippen LogP contribution in [0.2, 0.25) is 0 Å². The van der Waals surface area contributed by atoms with E-state index in [2.05, 4.69) is 25.9 Å². The first-order valence-corrected chi connectivity index (χ1v) is 9.35. The van der Waals surface area contributed by atoms with Gasteiger partial charge in [0.2, 0.25) is 5.95 Å². The molecule has 0 spiro atoms. The molecule has 6 nitrogen and oxygen atoms in total. The number of piperidine rings is 1. The van der Waals surface area contributed by atoms with E-state index in [1.807, 2.05) is 13.1 Å². The molecule has 25 heavy (non-hydrogen) atoms. The van der Waals surface area contributed by atoms with Crippen molar-refractivity contribution in [3.8, 4) is 0 Å². The zero-order chi connectivity index (χ0) is 17.2. The molecule has 1 N–H and O–H groups in total. The number of hydrogen-bond donors (Lipinski definition) is 1. The summed E-state index contributed by atoms with van der Waals surface area (Å²) in [5.74, 6) is 2.51. The van der Waals surface area contributed by atoms with Crippen LogP contribution in [0.3, 0.4) is 0 Å². The minimum Gasteiger partial charge on any atom is -0.341 e. The number of aromatic nitrogens is 4. The number of anilines is 1. The molecule has 4 rings (SSSR count). The van der Waals surface area contributed by atoms with Gasteiger partial charge >= 0.3 is 0 Å². The van der Waals surface area contributed by atoms with E-state index < -0.39 is 0 Å². The molecule has 0 bridgehead atoms. The van der Waals surface area contributed by atoms with E-state index in [0.29, 0.717) is 17.7 Å². The molecular weight excluding hydrogens is 314 g/mol. The molecular formula is C19H25N5O. The summed E-state index contributed by atoms with van der Waals surface area (Å²) in [5.41, 5.74) is 2.07. The summed E-state index contributed by atoms with van der Waals surface area (Å²) in [7, 11) is 0. The lowest BCUT2D eigenvalue weighted by Gasteiger charge is -2.32. The first kappa shape index (κ1) is 16.2. The van der Waals surface area contributed by atoms with E-state index in [9.17, 15) is 4.79 Å². The highest BCUT2D eigenvalue weighted by molar-refractivity contribution is 5.32. The zero-order valence-corrected chi connectivity index (χ0v) is 14.7. The van der Waals surface area contributed by atoms with Crippen LogP contribution in [-0.4, -0.2) is 33.0 Å². The second-order valence-corrected chi connectivity index (χ2v) is 7.28. The Morgan fingerprint density at radius 1 is 1.04 bits per heavy atom. The predicted octanol–water partition coefficient (Wildman–Crippen LogP) is 2.91. The van der Waals surface area contributed by atoms with E-state index in [4.69, 9.17) is 4.98 Å². The van der Waals surface area contributed by atoms with Crippen molar-refractivity contribution in [2.75, 3.05) is 18.0 Å². The third kappa shape index (κ3) is 3.57. The predicted molar refractivity (Wildman–Crippen MR) is 97.0 cm³/mol. The molecule has 132 valence electrons. The summed E-state index contributed by atoms with van der Waals surface area (Å²) >= 11 is 0. The van der Waals surface area contributed by atoms with Gasteiger partial charge in [0.1, 0.15) is 5.82 Å². The number of nitrogens with one attached hydrogen (secondary N) is 1. The van der Waals surface area contributed by atoms with Gasteiger partial charge in [0.15, 0.2) is 0 Å². The SMILES string of the molecule is Cc1nc(C2CCN(c3nccc(C4CCCC4)n3)CC2)cc(=O)[nH]1. The molecule has 0 unspecified atom stereocenters. The third-order valence-electron chi connectivity index (χ3n) is 5.51. The van der Waals surface area contributed by atoms with Crippen molar-refractivity contribution in [3.05, 3.63) is 45.9 Å². The normalized spacial score (nSPS) is 19.5. The highest BCUT2D eigenvalue weighted by Crippen LogP contribution is 2.34. The Bertz CT molecular complexity index is 788. The fourth-order valence-corrected chi connectivity index (χ4v) is 4.15. The van der Waals surface area contributed by atoms with Gasteiger partial charge in [-0.05, 0) is 38.7 Å². The van der Waals surface area contributed by atoms with E-state index >= 15 is 0 Å². The number of aromatic amines is 1. The molecule has 0 amide bonds. The summed E-state index contributed by atoms with van der Waals surface area (Å²) in [6, 6.07) is 3.72. The Balaban J connectivity index is 1.45. The zero-order valence-electron chi connectivity index (χ0n) is 14.7. The number of aryl methyl sites for hydroxylation is 1. The summed E-state index contributed by atoms with van der Waals surface area (Å²) in [5, 5.41) is 0. The number of H-pyrrole nitrogens is 1. The molecule has 3 heterocycles. The van der Waals surface area contributed by atoms with Crippen molar-refractivity contribution in [1.29, 1.82) is 0 Å². The maximum absolute atomic E-state index is 11.7. The van der Waals surface area contributed by atoms with Crippen molar-refractivity contribution in [1.82, 2.24) is 19.9 Å². The van der Waals surface area contributed by atoms with Crippen LogP contribution in [0.4, 0.5) is 5.95 Å². The van der Waals surface area contributed by atoms with Crippen LogP contribution in [0.25, 0.3) is 0 Å². The van der Waals surface area contributed by atoms with E-state index in [1.54, 1.807) is 6.07 Å². The topological polar surface area (TPSA) is 74.8 Å². The fraction of sp³-hybridized carbons (Fsp3) is 0.579. The van der Waals surface area contributed by atoms with Crippen LogP contribution in [-0.2, 0) is 0 Å². The maximum Gasteiger partial charge on any atom is 0.251 e. The largest absolute Gasteiger partial charge is 0.341 e. The first-order chi connectivity index (χ1) is 12.2. The van der Waals surface area contributed by atoms with Gasteiger partial charge in [-0.3, -0.25) is 4.79 Å². The molecule has 6 heteroatoms. The highest BCUT2D eigenvalue weighted by Gasteiger charge is 2.25. The minimum absolute atomic E-state index is 0.0578. The molecule has 1 saturated heterocycles. The monoisotopic (exact) mass is 339 g/mol. The highest BCUT2D eigenvalue weighted by atomic mass is 16.1. The Morgan fingerprint density at radius 3 is 2.48 bits per heavy atom. The number of hydrogen-bond acceptors (Lipinski definition) is 5. The molecule has 0 atom stereocenters. The molecule has 1 aliphatic heterocycles. The second kappa shape index (κ2) is 6.94. The summed E-state index contributed by atoms with van der Waals surface area (Å²) < 4.78 is 0. The van der Waals surface area contributed by atoms with Gasteiger partial charge in [0.05, 0.1) is 5.69 Å². The van der Waals surface area contributed by atoms with Gasteiger partial charge in [-0.25, -0.2) is 15.0 Å². The van der Waals surface area contributed by atoms with Gasteiger partial charge in [0, 0.05) is 42.9 Å². The molecule has 2 fully saturated rings. The Hall–Kier alpha value is -2.24. The van der Waals surface area contributed by atoms with Crippen LogP contribution < -0.4 is 10.5 Å². The second-order valence-electron chi connectivity index (χ2n) is 7.28. The molecule has 2 aromatic rings. The molecule has 2 aromatic heterocycles. The van der Waals surface area contributed by atoms with Crippen molar-refractivity contribution in [3.63, 3.8) is 0 Å². The Morgan fingerprint density at radius 2 is 1.76 bits per heavy atom. The average molecular weight is 339 g/mol. The summed E-state index contributed by atoms with van der Waals surface area (Å²) in [6.07, 6.45) is 9.01. The average Bonchev–Trinajstić information content (AvgIpc) is 3.16. The van der Waals surface area contributed by atoms with E-state index in [1.165, 1.54) is 31.4 Å². The fourth-order valence-electron chi connectivity index (χ4n) is 4.15. The van der Waals surface area contributed by atoms with Gasteiger partial charge in [0.25, 0.3) is 5.56 Å². The smallest absolute Gasteiger partial charge is 0.251 e. The lowest BCUT2D eigenvalue weighted by molar-refractivity contribution is 0.487. The number of rotatable bonds is 3. The summed E-state index contributed by atoms with van der Waals surface area (Å²) in [6.45, 7) is 3.65. The molecule has 1 saturated carbocycles. The van der Waals surface area contributed by atoms with Gasteiger partial charge in [-0.1, -0.05) is 12.8 Å². The first-order valence-electron chi connectivity index (χ1n) is 9.35. The molecule has 0 aromatic carbocycles. The standard InChI is InChI=1S/C19H25N5O/c1-13-21-17(12-18(25)22-13)15-7-10-24(11-8-15)19-20-9-6-16(23-19)14-4-2-3-5-14/h6,9,12,14-15H,2-5,7-8,10-11H2,1H3,(H,21,22,25). The molecule has 2 aliphatic rings. The maximum atomic E-state index is 11.7. The van der Waals surface area contributed by atoms with Gasteiger partial charge < -0.3 is 9.88 Å². The molecule has 1 aliphatic carbocycles. The van der Waals surface area contributed by atoms with Crippen LogP contribution >= 0.6 is 0 Å². The van der Waals surface area contributed by atoms with Crippen LogP contribution in [0.15, 0.2) is 23.1 Å². The number of nitrogens with zero attached hydrogens (tertiary/aromatic N) is 4. The van der Waals surface area contributed by atoms with Crippen molar-refractivity contribution in [2.45, 2.75) is 57.3 Å². The quantitative estimate of drug-likeness (QED) is 0.930.